The summed E-state index contributed by atoms with van der Waals surface area (Å²) < 4.78 is 13.2. The smallest absolute Gasteiger partial charge is 0.693 e. The first kappa shape index (κ1) is 27.8. The molecule has 8 heteroatoms. The molecule has 5 nitrogen and oxygen atoms in total. The summed E-state index contributed by atoms with van der Waals surface area (Å²) in [4.78, 5) is 19.6. The summed E-state index contributed by atoms with van der Waals surface area (Å²) in [5.74, 6) is -0.755. The topological polar surface area (TPSA) is 86.9 Å². The zero-order valence-corrected chi connectivity index (χ0v) is 19.7. The summed E-state index contributed by atoms with van der Waals surface area (Å²) in [6.45, 7) is 7.41. The molecule has 0 amide bonds. The second-order valence-corrected chi connectivity index (χ2v) is 8.83. The number of thiophene rings is 1. The molecule has 2 aromatic rings. The minimum absolute atomic E-state index is 0. The molecule has 0 saturated carbocycles. The minimum Gasteiger partial charge on any atom is -0.693 e. The van der Waals surface area contributed by atoms with Crippen molar-refractivity contribution in [2.24, 2.45) is 5.41 Å². The number of aromatic nitrogens is 1. The maximum absolute atomic E-state index is 13.2. The molecule has 1 saturated heterocycles. The Morgan fingerprint density at radius 3 is 2.55 bits per heavy atom. The SMILES string of the molecule is Cc1ccc(C(C)(C)N2CCC(CCc3ccc(F)s3)(C(=O)O)C2)cn1.[CH3-].[NH2-].[V+2]. The first-order chi connectivity index (χ1) is 12.2. The van der Waals surface area contributed by atoms with E-state index in [9.17, 15) is 14.3 Å². The van der Waals surface area contributed by atoms with Crippen LogP contribution in [0.1, 0.15) is 42.8 Å². The van der Waals surface area contributed by atoms with E-state index in [1.807, 2.05) is 19.2 Å². The maximum Gasteiger partial charge on any atom is 2.00 e. The predicted octanol–water partition coefficient (Wildman–Crippen LogP) is 5.40. The van der Waals surface area contributed by atoms with Crippen LogP contribution in [0.3, 0.4) is 0 Å². The van der Waals surface area contributed by atoms with Crippen LogP contribution in [0, 0.1) is 24.9 Å². The number of aliphatic carboxylic acids is 1. The third kappa shape index (κ3) is 5.89. The van der Waals surface area contributed by atoms with Gasteiger partial charge >= 0.3 is 24.5 Å². The van der Waals surface area contributed by atoms with E-state index in [4.69, 9.17) is 0 Å². The summed E-state index contributed by atoms with van der Waals surface area (Å²) in [5, 5.41) is 9.71. The van der Waals surface area contributed by atoms with E-state index in [2.05, 4.69) is 29.8 Å². The van der Waals surface area contributed by atoms with E-state index in [1.165, 1.54) is 6.07 Å². The number of nitrogens with zero attached hydrogens (tertiary/aromatic N) is 2. The second-order valence-electron chi connectivity index (χ2n) is 7.71. The molecule has 3 rings (SSSR count). The van der Waals surface area contributed by atoms with Crippen LogP contribution in [-0.2, 0) is 35.3 Å². The zero-order valence-electron chi connectivity index (χ0n) is 17.5. The van der Waals surface area contributed by atoms with Crippen molar-refractivity contribution in [2.75, 3.05) is 13.1 Å². The van der Waals surface area contributed by atoms with Crippen LogP contribution in [0.4, 0.5) is 4.39 Å². The van der Waals surface area contributed by atoms with Gasteiger partial charge in [-0.1, -0.05) is 6.07 Å². The first-order valence-corrected chi connectivity index (χ1v) is 9.70. The third-order valence-electron chi connectivity index (χ3n) is 5.69. The van der Waals surface area contributed by atoms with Gasteiger partial charge in [-0.3, -0.25) is 14.7 Å². The van der Waals surface area contributed by atoms with Gasteiger partial charge in [-0.05, 0) is 63.8 Å². The number of hydrogen-bond donors (Lipinski definition) is 1. The zero-order chi connectivity index (χ0) is 18.9. The Morgan fingerprint density at radius 1 is 1.34 bits per heavy atom. The van der Waals surface area contributed by atoms with Gasteiger partial charge in [0, 0.05) is 35.4 Å². The summed E-state index contributed by atoms with van der Waals surface area (Å²) in [6.07, 6.45) is 3.62. The Morgan fingerprint density at radius 2 is 2.03 bits per heavy atom. The van der Waals surface area contributed by atoms with Crippen molar-refractivity contribution in [2.45, 2.75) is 45.6 Å². The Bertz CT molecular complexity index is 797. The molecule has 1 fully saturated rings. The standard InChI is InChI=1S/C20H25FN2O2S.CH3.H2N.V/c1-14-4-5-15(12-22-14)19(2,3)23-11-10-20(13-23,18(24)25)9-8-16-6-7-17(21)26-16;;;/h4-7,12H,8-11,13H2,1-3H3,(H,24,25);1H3;1H2;/q;2*-1;+2. The van der Waals surface area contributed by atoms with Crippen molar-refractivity contribution in [1.29, 1.82) is 0 Å². The van der Waals surface area contributed by atoms with Crippen molar-refractivity contribution >= 4 is 17.3 Å². The van der Waals surface area contributed by atoms with Gasteiger partial charge in [0.1, 0.15) is 0 Å². The number of rotatable bonds is 6. The molecular weight excluding hydrogens is 428 g/mol. The molecule has 29 heavy (non-hydrogen) atoms. The van der Waals surface area contributed by atoms with Gasteiger partial charge in [0.15, 0.2) is 5.13 Å². The average molecular weight is 458 g/mol. The molecule has 2 aromatic heterocycles. The number of likely N-dealkylation sites (tertiary alicyclic amines) is 1. The van der Waals surface area contributed by atoms with Gasteiger partial charge in [0.25, 0.3) is 0 Å². The van der Waals surface area contributed by atoms with E-state index in [0.717, 1.165) is 34.0 Å². The number of carboxylic acids is 1. The molecule has 0 bridgehead atoms. The van der Waals surface area contributed by atoms with Crippen LogP contribution in [0.25, 0.3) is 6.15 Å². The summed E-state index contributed by atoms with van der Waals surface area (Å²) in [7, 11) is 0. The number of carbonyl (C=O) groups is 1. The van der Waals surface area contributed by atoms with Gasteiger partial charge in [-0.25, -0.2) is 0 Å². The maximum atomic E-state index is 13.2. The molecule has 1 radical (unpaired) electrons. The van der Waals surface area contributed by atoms with Gasteiger partial charge in [-0.2, -0.15) is 4.39 Å². The van der Waals surface area contributed by atoms with Crippen molar-refractivity contribution in [3.63, 3.8) is 0 Å². The number of nitrogens with two attached hydrogens (primary N) is 1. The Labute approximate surface area is 189 Å². The fraction of sp³-hybridized carbons (Fsp3) is 0.476. The normalized spacial score (nSPS) is 19.0. The fourth-order valence-electron chi connectivity index (χ4n) is 3.70. The largest absolute Gasteiger partial charge is 2.00 e. The van der Waals surface area contributed by atoms with E-state index >= 15 is 0 Å². The van der Waals surface area contributed by atoms with Gasteiger partial charge in [0.05, 0.1) is 5.41 Å². The molecule has 0 spiro atoms. The minimum atomic E-state index is -0.782. The summed E-state index contributed by atoms with van der Waals surface area (Å²) >= 11 is 1.10. The van der Waals surface area contributed by atoms with E-state index in [-0.39, 0.29) is 42.8 Å². The van der Waals surface area contributed by atoms with E-state index in [0.29, 0.717) is 25.8 Å². The molecule has 0 aliphatic carbocycles. The first-order valence-electron chi connectivity index (χ1n) is 8.89. The fourth-order valence-corrected chi connectivity index (χ4v) is 4.42. The van der Waals surface area contributed by atoms with E-state index in [1.54, 1.807) is 6.07 Å². The summed E-state index contributed by atoms with van der Waals surface area (Å²) in [6, 6.07) is 7.26. The molecule has 0 aromatic carbocycles. The van der Waals surface area contributed by atoms with Crippen LogP contribution >= 0.6 is 11.3 Å². The van der Waals surface area contributed by atoms with E-state index < -0.39 is 11.4 Å². The number of carboxylic acid groups (broad SMARTS) is 1. The van der Waals surface area contributed by atoms with Gasteiger partial charge < -0.3 is 18.7 Å². The monoisotopic (exact) mass is 458 g/mol. The molecule has 1 aliphatic rings. The van der Waals surface area contributed by atoms with Crippen LogP contribution in [-0.4, -0.2) is 34.0 Å². The van der Waals surface area contributed by atoms with Crippen molar-refractivity contribution in [1.82, 2.24) is 9.88 Å². The number of pyridine rings is 1. The second kappa shape index (κ2) is 10.7. The van der Waals surface area contributed by atoms with Crippen LogP contribution in [0.2, 0.25) is 0 Å². The van der Waals surface area contributed by atoms with Crippen LogP contribution in [0.15, 0.2) is 30.5 Å². The molecule has 1 unspecified atom stereocenters. The van der Waals surface area contributed by atoms with Crippen molar-refractivity contribution in [3.05, 3.63) is 65.3 Å². The Kier molecular flexibility index (Phi) is 10.2. The average Bonchev–Trinajstić information content (AvgIpc) is 3.21. The summed E-state index contributed by atoms with van der Waals surface area (Å²) in [5.41, 5.74) is 0.988. The predicted molar refractivity (Wildman–Crippen MR) is 113 cm³/mol. The quantitative estimate of drug-likeness (QED) is 0.587. The number of halogens is 1. The Balaban J connectivity index is 0.00000261. The van der Waals surface area contributed by atoms with Crippen molar-refractivity contribution < 1.29 is 32.8 Å². The molecule has 1 aliphatic heterocycles. The molecule has 3 N–H and O–H groups in total. The number of hydrogen-bond acceptors (Lipinski definition) is 4. The van der Waals surface area contributed by atoms with Gasteiger partial charge in [0.2, 0.25) is 0 Å². The molecular formula is C21H30FN3O2SV. The molecule has 159 valence electrons. The molecule has 3 heterocycles. The van der Waals surface area contributed by atoms with Crippen LogP contribution < -0.4 is 0 Å². The molecule has 1 atom stereocenters. The van der Waals surface area contributed by atoms with Crippen molar-refractivity contribution in [3.8, 4) is 0 Å². The van der Waals surface area contributed by atoms with Crippen LogP contribution in [0.5, 0.6) is 0 Å². The number of aryl methyl sites for hydroxylation is 2. The van der Waals surface area contributed by atoms with Gasteiger partial charge in [-0.15, -0.1) is 11.3 Å². The Hall–Kier alpha value is -1.25. The third-order valence-corrected chi connectivity index (χ3v) is 6.63.